The number of rotatable bonds is 5. The molecule has 0 aromatic heterocycles. The van der Waals surface area contributed by atoms with E-state index < -0.39 is 5.82 Å². The summed E-state index contributed by atoms with van der Waals surface area (Å²) >= 11 is 2.96. The van der Waals surface area contributed by atoms with E-state index in [2.05, 4.69) is 0 Å². The van der Waals surface area contributed by atoms with Crippen LogP contribution >= 0.6 is 23.5 Å². The molecule has 0 atom stereocenters. The summed E-state index contributed by atoms with van der Waals surface area (Å²) in [4.78, 5) is 12.0. The summed E-state index contributed by atoms with van der Waals surface area (Å²) in [5, 5.41) is 0. The first-order chi connectivity index (χ1) is 8.12. The molecule has 92 valence electrons. The Hall–Kier alpha value is -0.940. The molecule has 0 radical (unpaired) electrons. The number of halogens is 1. The fourth-order valence-corrected chi connectivity index (χ4v) is 2.38. The number of thioether (sulfide) groups is 2. The van der Waals surface area contributed by atoms with E-state index in [0.29, 0.717) is 5.75 Å². The number of carbonyl (C=O) groups is 1. The summed E-state index contributed by atoms with van der Waals surface area (Å²) in [6.07, 6.45) is 5.27. The van der Waals surface area contributed by atoms with Crippen molar-refractivity contribution in [3.05, 3.63) is 39.9 Å². The predicted octanol–water partition coefficient (Wildman–Crippen LogP) is 3.58. The average molecular weight is 272 g/mol. The molecule has 0 saturated carbocycles. The van der Waals surface area contributed by atoms with Crippen molar-refractivity contribution in [2.75, 3.05) is 19.6 Å². The summed E-state index contributed by atoms with van der Waals surface area (Å²) < 4.78 is 19.0. The number of ketones is 1. The van der Waals surface area contributed by atoms with Crippen LogP contribution in [0.4, 0.5) is 4.39 Å². The summed E-state index contributed by atoms with van der Waals surface area (Å²) in [7, 11) is 1.46. The zero-order valence-corrected chi connectivity index (χ0v) is 11.5. The van der Waals surface area contributed by atoms with E-state index in [0.717, 1.165) is 4.24 Å². The fourth-order valence-electron chi connectivity index (χ4n) is 1.26. The molecule has 0 aliphatic heterocycles. The minimum atomic E-state index is -0.447. The van der Waals surface area contributed by atoms with E-state index in [4.69, 9.17) is 4.74 Å². The molecule has 0 heterocycles. The summed E-state index contributed by atoms with van der Waals surface area (Å²) in [5.41, 5.74) is 0.244. The lowest BCUT2D eigenvalue weighted by molar-refractivity contribution is 0.104. The molecule has 0 N–H and O–H groups in total. The predicted molar refractivity (Wildman–Crippen MR) is 72.4 cm³/mol. The van der Waals surface area contributed by atoms with Crippen LogP contribution in [0.25, 0.3) is 0 Å². The van der Waals surface area contributed by atoms with Crippen molar-refractivity contribution in [2.45, 2.75) is 0 Å². The highest BCUT2D eigenvalue weighted by molar-refractivity contribution is 8.21. The first-order valence-electron chi connectivity index (χ1n) is 4.80. The molecular formula is C12H13FO2S2. The molecule has 0 unspecified atom stereocenters. The molecule has 5 heteroatoms. The second-order valence-corrected chi connectivity index (χ2v) is 5.04. The van der Waals surface area contributed by atoms with Crippen LogP contribution in [0.1, 0.15) is 10.4 Å². The Bertz CT molecular complexity index is 438. The van der Waals surface area contributed by atoms with E-state index in [1.165, 1.54) is 54.9 Å². The topological polar surface area (TPSA) is 26.3 Å². The number of carbonyl (C=O) groups excluding carboxylic acids is 1. The number of benzene rings is 1. The number of hydrogen-bond acceptors (Lipinski definition) is 4. The molecule has 1 aromatic carbocycles. The molecule has 0 aliphatic rings. The van der Waals surface area contributed by atoms with Crippen molar-refractivity contribution in [3.63, 3.8) is 0 Å². The van der Waals surface area contributed by atoms with Crippen molar-refractivity contribution in [3.8, 4) is 5.75 Å². The molecule has 0 bridgehead atoms. The van der Waals surface area contributed by atoms with E-state index in [1.807, 2.05) is 12.5 Å². The van der Waals surface area contributed by atoms with Gasteiger partial charge in [-0.25, -0.2) is 4.39 Å². The largest absolute Gasteiger partial charge is 0.496 e. The Labute approximate surface area is 109 Å². The average Bonchev–Trinajstić information content (AvgIpc) is 2.35. The molecule has 0 amide bonds. The minimum Gasteiger partial charge on any atom is -0.496 e. The lowest BCUT2D eigenvalue weighted by Gasteiger charge is -2.06. The maximum atomic E-state index is 13.1. The molecular weight excluding hydrogens is 259 g/mol. The monoisotopic (exact) mass is 272 g/mol. The second kappa shape index (κ2) is 6.71. The number of hydrogen-bond donors (Lipinski definition) is 0. The van der Waals surface area contributed by atoms with Crippen LogP contribution in [-0.4, -0.2) is 25.4 Å². The lowest BCUT2D eigenvalue weighted by Crippen LogP contribution is -2.00. The summed E-state index contributed by atoms with van der Waals surface area (Å²) in [6, 6.07) is 3.91. The third-order valence-electron chi connectivity index (χ3n) is 2.08. The van der Waals surface area contributed by atoms with Gasteiger partial charge in [-0.15, -0.1) is 23.5 Å². The highest BCUT2D eigenvalue weighted by Crippen LogP contribution is 2.26. The van der Waals surface area contributed by atoms with Gasteiger partial charge in [-0.3, -0.25) is 4.79 Å². The number of ether oxygens (including phenoxy) is 1. The summed E-state index contributed by atoms with van der Waals surface area (Å²) in [6.45, 7) is 0. The van der Waals surface area contributed by atoms with Gasteiger partial charge in [0.2, 0.25) is 0 Å². The van der Waals surface area contributed by atoms with Gasteiger partial charge in [0.1, 0.15) is 11.6 Å². The van der Waals surface area contributed by atoms with Crippen LogP contribution in [0, 0.1) is 5.82 Å². The van der Waals surface area contributed by atoms with Crippen LogP contribution in [-0.2, 0) is 0 Å². The molecule has 0 saturated heterocycles. The van der Waals surface area contributed by atoms with E-state index >= 15 is 0 Å². The van der Waals surface area contributed by atoms with Crippen molar-refractivity contribution >= 4 is 29.3 Å². The van der Waals surface area contributed by atoms with Gasteiger partial charge in [0.05, 0.1) is 12.7 Å². The highest BCUT2D eigenvalue weighted by atomic mass is 32.2. The standard InChI is InChI=1S/C12H13FO2S2/c1-15-11-5-4-8(13)6-9(11)10(14)7-12(16-2)17-3/h4-7H,1-3H3. The maximum absolute atomic E-state index is 13.1. The Balaban J connectivity index is 3.11. The van der Waals surface area contributed by atoms with Crippen molar-refractivity contribution in [1.82, 2.24) is 0 Å². The first-order valence-corrected chi connectivity index (χ1v) is 7.25. The van der Waals surface area contributed by atoms with Gasteiger partial charge in [-0.05, 0) is 30.7 Å². The lowest BCUT2D eigenvalue weighted by atomic mass is 10.1. The van der Waals surface area contributed by atoms with Gasteiger partial charge < -0.3 is 4.74 Å². The van der Waals surface area contributed by atoms with E-state index in [1.54, 1.807) is 0 Å². The van der Waals surface area contributed by atoms with Gasteiger partial charge >= 0.3 is 0 Å². The zero-order valence-electron chi connectivity index (χ0n) is 9.82. The van der Waals surface area contributed by atoms with Gasteiger partial charge in [0, 0.05) is 10.3 Å². The zero-order chi connectivity index (χ0) is 12.8. The van der Waals surface area contributed by atoms with Crippen LogP contribution in [0.3, 0.4) is 0 Å². The van der Waals surface area contributed by atoms with Crippen molar-refractivity contribution in [1.29, 1.82) is 0 Å². The molecule has 1 aromatic rings. The highest BCUT2D eigenvalue weighted by Gasteiger charge is 2.12. The minimum absolute atomic E-state index is 0.244. The molecule has 0 fully saturated rings. The van der Waals surface area contributed by atoms with Crippen LogP contribution in [0.5, 0.6) is 5.75 Å². The Morgan fingerprint density at radius 3 is 2.53 bits per heavy atom. The SMILES string of the molecule is COc1ccc(F)cc1C(=O)C=C(SC)SC. The quantitative estimate of drug-likeness (QED) is 0.604. The molecule has 2 nitrogen and oxygen atoms in total. The molecule has 1 rings (SSSR count). The van der Waals surface area contributed by atoms with Gasteiger partial charge in [-0.2, -0.15) is 0 Å². The second-order valence-electron chi connectivity index (χ2n) is 3.08. The Morgan fingerprint density at radius 2 is 2.00 bits per heavy atom. The Morgan fingerprint density at radius 1 is 1.35 bits per heavy atom. The smallest absolute Gasteiger partial charge is 0.191 e. The van der Waals surface area contributed by atoms with Crippen molar-refractivity contribution < 1.29 is 13.9 Å². The normalized spacial score (nSPS) is 9.88. The number of methoxy groups -OCH3 is 1. The van der Waals surface area contributed by atoms with Gasteiger partial charge in [0.15, 0.2) is 5.78 Å². The fraction of sp³-hybridized carbons (Fsp3) is 0.250. The third-order valence-corrected chi connectivity index (χ3v) is 4.12. The summed E-state index contributed by atoms with van der Waals surface area (Å²) in [5.74, 6) is -0.313. The number of allylic oxidation sites excluding steroid dienone is 1. The van der Waals surface area contributed by atoms with Crippen molar-refractivity contribution in [2.24, 2.45) is 0 Å². The van der Waals surface area contributed by atoms with Gasteiger partial charge in [0.25, 0.3) is 0 Å². The molecule has 0 spiro atoms. The van der Waals surface area contributed by atoms with Crippen LogP contribution < -0.4 is 4.74 Å². The Kier molecular flexibility index (Phi) is 5.58. The van der Waals surface area contributed by atoms with Crippen LogP contribution in [0.15, 0.2) is 28.5 Å². The van der Waals surface area contributed by atoms with Gasteiger partial charge in [-0.1, -0.05) is 0 Å². The molecule has 17 heavy (non-hydrogen) atoms. The third kappa shape index (κ3) is 3.78. The van der Waals surface area contributed by atoms with E-state index in [9.17, 15) is 9.18 Å². The van der Waals surface area contributed by atoms with E-state index in [-0.39, 0.29) is 11.3 Å². The maximum Gasteiger partial charge on any atom is 0.191 e. The first kappa shape index (κ1) is 14.1. The molecule has 0 aliphatic carbocycles. The van der Waals surface area contributed by atoms with Crippen LogP contribution in [0.2, 0.25) is 0 Å².